The Morgan fingerprint density at radius 3 is 2.29 bits per heavy atom. The fourth-order valence-corrected chi connectivity index (χ4v) is 4.91. The van der Waals surface area contributed by atoms with Crippen LogP contribution in [-0.2, 0) is 26.2 Å². The number of nitrogens with one attached hydrogen (secondary N) is 1. The minimum Gasteiger partial charge on any atom is -0.497 e. The Bertz CT molecular complexity index is 1220. The fourth-order valence-electron chi connectivity index (χ4n) is 4.07. The molecule has 2 aromatic carbocycles. The van der Waals surface area contributed by atoms with Gasteiger partial charge >= 0.3 is 0 Å². The standard InChI is InChI=1S/C27H37N3O7S/c1-6-23(27(32)28-16-19(2)3)29(17-20-7-10-22(35-4)11-8-20)26(31)18-30(38(5,33)34)21-9-12-24-25(15-21)37-14-13-36-24/h7-12,15,19,23H,6,13-14,16-18H2,1-5H3,(H,28,32)/t23-/m1/s1. The topological polar surface area (TPSA) is 114 Å². The molecule has 1 aliphatic heterocycles. The van der Waals surface area contributed by atoms with Gasteiger partial charge in [0.25, 0.3) is 0 Å². The predicted molar refractivity (Wildman–Crippen MR) is 145 cm³/mol. The van der Waals surface area contributed by atoms with Gasteiger partial charge in [0.15, 0.2) is 11.5 Å². The Labute approximate surface area is 224 Å². The van der Waals surface area contributed by atoms with Crippen LogP contribution >= 0.6 is 0 Å². The highest BCUT2D eigenvalue weighted by molar-refractivity contribution is 7.92. The Balaban J connectivity index is 1.93. The summed E-state index contributed by atoms with van der Waals surface area (Å²) >= 11 is 0. The molecule has 1 heterocycles. The zero-order valence-corrected chi connectivity index (χ0v) is 23.4. The smallest absolute Gasteiger partial charge is 0.244 e. The van der Waals surface area contributed by atoms with Crippen molar-refractivity contribution in [2.45, 2.75) is 39.8 Å². The first kappa shape index (κ1) is 29.1. The van der Waals surface area contributed by atoms with E-state index in [0.717, 1.165) is 16.1 Å². The number of carbonyl (C=O) groups excluding carboxylic acids is 2. The van der Waals surface area contributed by atoms with E-state index in [0.29, 0.717) is 43.4 Å². The lowest BCUT2D eigenvalue weighted by Gasteiger charge is -2.33. The number of amides is 2. The van der Waals surface area contributed by atoms with Crippen LogP contribution < -0.4 is 23.8 Å². The van der Waals surface area contributed by atoms with Crippen molar-refractivity contribution in [3.05, 3.63) is 48.0 Å². The molecule has 3 rings (SSSR count). The van der Waals surface area contributed by atoms with Gasteiger partial charge in [-0.3, -0.25) is 13.9 Å². The number of methoxy groups -OCH3 is 1. The van der Waals surface area contributed by atoms with E-state index in [2.05, 4.69) is 5.32 Å². The Morgan fingerprint density at radius 2 is 1.71 bits per heavy atom. The maximum Gasteiger partial charge on any atom is 0.244 e. The monoisotopic (exact) mass is 547 g/mol. The molecule has 0 spiro atoms. The molecule has 1 atom stereocenters. The first-order valence-electron chi connectivity index (χ1n) is 12.6. The van der Waals surface area contributed by atoms with Crippen molar-refractivity contribution < 1.29 is 32.2 Å². The first-order valence-corrected chi connectivity index (χ1v) is 14.5. The summed E-state index contributed by atoms with van der Waals surface area (Å²) in [5, 5.41) is 2.91. The maximum atomic E-state index is 13.8. The molecule has 0 aliphatic carbocycles. The van der Waals surface area contributed by atoms with Crippen molar-refractivity contribution >= 4 is 27.5 Å². The largest absolute Gasteiger partial charge is 0.497 e. The van der Waals surface area contributed by atoms with Gasteiger partial charge in [-0.1, -0.05) is 32.9 Å². The number of hydrogen-bond acceptors (Lipinski definition) is 7. The van der Waals surface area contributed by atoms with Gasteiger partial charge in [0.2, 0.25) is 21.8 Å². The summed E-state index contributed by atoms with van der Waals surface area (Å²) in [6.07, 6.45) is 1.40. The number of nitrogens with zero attached hydrogens (tertiary/aromatic N) is 2. The van der Waals surface area contributed by atoms with Crippen LogP contribution in [0.2, 0.25) is 0 Å². The predicted octanol–water partition coefficient (Wildman–Crippen LogP) is 2.81. The molecule has 10 nitrogen and oxygen atoms in total. The third-order valence-electron chi connectivity index (χ3n) is 6.08. The van der Waals surface area contributed by atoms with E-state index in [1.54, 1.807) is 37.4 Å². The zero-order valence-electron chi connectivity index (χ0n) is 22.6. The van der Waals surface area contributed by atoms with Crippen molar-refractivity contribution in [1.82, 2.24) is 10.2 Å². The second kappa shape index (κ2) is 12.9. The van der Waals surface area contributed by atoms with Gasteiger partial charge in [-0.25, -0.2) is 8.42 Å². The number of rotatable bonds is 12. The van der Waals surface area contributed by atoms with Gasteiger partial charge in [-0.15, -0.1) is 0 Å². The Hall–Kier alpha value is -3.47. The molecule has 208 valence electrons. The lowest BCUT2D eigenvalue weighted by molar-refractivity contribution is -0.140. The molecule has 2 aromatic rings. The van der Waals surface area contributed by atoms with Crippen LogP contribution in [-0.4, -0.2) is 70.8 Å². The SMILES string of the molecule is CC[C@H](C(=O)NCC(C)C)N(Cc1ccc(OC)cc1)C(=O)CN(c1ccc2c(c1)OCCO2)S(C)(=O)=O. The zero-order chi connectivity index (χ0) is 27.9. The molecule has 0 unspecified atom stereocenters. The van der Waals surface area contributed by atoms with E-state index in [1.165, 1.54) is 4.90 Å². The molecule has 2 amide bonds. The summed E-state index contributed by atoms with van der Waals surface area (Å²) in [5.41, 5.74) is 1.05. The number of hydrogen-bond donors (Lipinski definition) is 1. The molecule has 0 saturated heterocycles. The van der Waals surface area contributed by atoms with E-state index in [1.807, 2.05) is 32.9 Å². The number of ether oxygens (including phenoxy) is 3. The third kappa shape index (κ3) is 7.53. The summed E-state index contributed by atoms with van der Waals surface area (Å²) in [4.78, 5) is 28.4. The molecule has 1 aliphatic rings. The van der Waals surface area contributed by atoms with Crippen LogP contribution in [0.5, 0.6) is 17.2 Å². The summed E-state index contributed by atoms with van der Waals surface area (Å²) < 4.78 is 43.0. The van der Waals surface area contributed by atoms with Crippen LogP contribution in [0.1, 0.15) is 32.8 Å². The molecular weight excluding hydrogens is 510 g/mol. The molecular formula is C27H37N3O7S. The minimum atomic E-state index is -3.86. The molecule has 0 radical (unpaired) electrons. The van der Waals surface area contributed by atoms with Crippen molar-refractivity contribution in [2.24, 2.45) is 5.92 Å². The van der Waals surface area contributed by atoms with Gasteiger partial charge in [-0.05, 0) is 42.2 Å². The minimum absolute atomic E-state index is 0.120. The number of anilines is 1. The van der Waals surface area contributed by atoms with E-state index in [9.17, 15) is 18.0 Å². The molecule has 0 aromatic heterocycles. The van der Waals surface area contributed by atoms with Crippen molar-refractivity contribution in [3.8, 4) is 17.2 Å². The summed E-state index contributed by atoms with van der Waals surface area (Å²) in [5.74, 6) is 1.02. The van der Waals surface area contributed by atoms with Crippen LogP contribution in [0.4, 0.5) is 5.69 Å². The molecule has 38 heavy (non-hydrogen) atoms. The highest BCUT2D eigenvalue weighted by Gasteiger charge is 2.32. The number of benzene rings is 2. The van der Waals surface area contributed by atoms with E-state index < -0.39 is 28.5 Å². The van der Waals surface area contributed by atoms with Crippen LogP contribution in [0, 0.1) is 5.92 Å². The summed E-state index contributed by atoms with van der Waals surface area (Å²) in [6, 6.07) is 11.1. The van der Waals surface area contributed by atoms with E-state index in [4.69, 9.17) is 14.2 Å². The van der Waals surface area contributed by atoms with Crippen LogP contribution in [0.25, 0.3) is 0 Å². The normalized spacial score (nSPS) is 13.5. The number of carbonyl (C=O) groups is 2. The third-order valence-corrected chi connectivity index (χ3v) is 7.22. The van der Waals surface area contributed by atoms with Crippen LogP contribution in [0.3, 0.4) is 0 Å². The second-order valence-corrected chi connectivity index (χ2v) is 11.4. The first-order chi connectivity index (χ1) is 18.0. The summed E-state index contributed by atoms with van der Waals surface area (Å²) in [7, 11) is -2.29. The fraction of sp³-hybridized carbons (Fsp3) is 0.481. The Kier molecular flexibility index (Phi) is 9.84. The van der Waals surface area contributed by atoms with Gasteiger partial charge < -0.3 is 24.4 Å². The Morgan fingerprint density at radius 1 is 1.05 bits per heavy atom. The maximum absolute atomic E-state index is 13.8. The van der Waals surface area contributed by atoms with Crippen molar-refractivity contribution in [2.75, 3.05) is 44.0 Å². The quantitative estimate of drug-likeness (QED) is 0.435. The van der Waals surface area contributed by atoms with Gasteiger partial charge in [-0.2, -0.15) is 0 Å². The van der Waals surface area contributed by atoms with Crippen molar-refractivity contribution in [1.29, 1.82) is 0 Å². The van der Waals surface area contributed by atoms with E-state index in [-0.39, 0.29) is 24.1 Å². The number of fused-ring (bicyclic) bond motifs is 1. The molecule has 11 heteroatoms. The van der Waals surface area contributed by atoms with Crippen LogP contribution in [0.15, 0.2) is 42.5 Å². The molecule has 1 N–H and O–H groups in total. The molecule has 0 bridgehead atoms. The van der Waals surface area contributed by atoms with Gasteiger partial charge in [0.05, 0.1) is 19.1 Å². The second-order valence-electron chi connectivity index (χ2n) is 9.53. The van der Waals surface area contributed by atoms with Gasteiger partial charge in [0.1, 0.15) is 31.5 Å². The van der Waals surface area contributed by atoms with Crippen molar-refractivity contribution in [3.63, 3.8) is 0 Å². The number of sulfonamides is 1. The highest BCUT2D eigenvalue weighted by atomic mass is 32.2. The molecule has 0 fully saturated rings. The summed E-state index contributed by atoms with van der Waals surface area (Å²) in [6.45, 7) is 6.64. The van der Waals surface area contributed by atoms with E-state index >= 15 is 0 Å². The van der Waals surface area contributed by atoms with Gasteiger partial charge in [0, 0.05) is 19.2 Å². The average molecular weight is 548 g/mol. The molecule has 0 saturated carbocycles. The average Bonchev–Trinajstić information content (AvgIpc) is 2.89. The highest BCUT2D eigenvalue weighted by Crippen LogP contribution is 2.34. The lowest BCUT2D eigenvalue weighted by atomic mass is 10.1. The lowest BCUT2D eigenvalue weighted by Crippen LogP contribution is -2.52.